The molecule has 5 nitrogen and oxygen atoms in total. The summed E-state index contributed by atoms with van der Waals surface area (Å²) in [5, 5.41) is 9.16. The average Bonchev–Trinajstić information content (AvgIpc) is 2.63. The van der Waals surface area contributed by atoms with Crippen LogP contribution >= 0.6 is 23.2 Å². The van der Waals surface area contributed by atoms with E-state index in [1.165, 1.54) is 4.68 Å². The molecule has 0 aliphatic carbocycles. The van der Waals surface area contributed by atoms with Crippen LogP contribution in [0.2, 0.25) is 10.0 Å². The van der Waals surface area contributed by atoms with Crippen LogP contribution in [-0.2, 0) is 13.1 Å². The molecule has 0 fully saturated rings. The van der Waals surface area contributed by atoms with Crippen molar-refractivity contribution >= 4 is 39.9 Å². The lowest BCUT2D eigenvalue weighted by Gasteiger charge is -2.13. The SMILES string of the molecule is CC(C)Cn1nc(C(=O)NCc2ccc(Cl)cc2Cl)c2ccccc2c1=O. The number of carbonyl (C=O) groups excluding carboxylic acids is 1. The number of rotatable bonds is 5. The second kappa shape index (κ2) is 8.11. The molecule has 0 saturated carbocycles. The van der Waals surface area contributed by atoms with E-state index in [0.717, 1.165) is 5.56 Å². The normalized spacial score (nSPS) is 11.1. The van der Waals surface area contributed by atoms with E-state index in [1.54, 1.807) is 42.5 Å². The van der Waals surface area contributed by atoms with Crippen molar-refractivity contribution in [3.8, 4) is 0 Å². The first-order valence-corrected chi connectivity index (χ1v) is 9.34. The van der Waals surface area contributed by atoms with E-state index in [4.69, 9.17) is 23.2 Å². The molecule has 0 saturated heterocycles. The van der Waals surface area contributed by atoms with E-state index in [-0.39, 0.29) is 29.6 Å². The predicted molar refractivity (Wildman–Crippen MR) is 108 cm³/mol. The number of hydrogen-bond acceptors (Lipinski definition) is 3. The van der Waals surface area contributed by atoms with Crippen molar-refractivity contribution in [2.75, 3.05) is 0 Å². The maximum atomic E-state index is 12.8. The maximum absolute atomic E-state index is 12.8. The van der Waals surface area contributed by atoms with Gasteiger partial charge < -0.3 is 5.32 Å². The van der Waals surface area contributed by atoms with Crippen LogP contribution in [0.1, 0.15) is 29.9 Å². The first-order valence-electron chi connectivity index (χ1n) is 8.59. The van der Waals surface area contributed by atoms with Crippen molar-refractivity contribution in [2.24, 2.45) is 5.92 Å². The lowest BCUT2D eigenvalue weighted by molar-refractivity contribution is 0.0945. The summed E-state index contributed by atoms with van der Waals surface area (Å²) in [6, 6.07) is 12.1. The summed E-state index contributed by atoms with van der Waals surface area (Å²) in [6.45, 7) is 4.65. The monoisotopic (exact) mass is 403 g/mol. The molecule has 1 heterocycles. The molecule has 0 radical (unpaired) electrons. The Balaban J connectivity index is 1.95. The molecule has 1 N–H and O–H groups in total. The second-order valence-electron chi connectivity index (χ2n) is 6.69. The van der Waals surface area contributed by atoms with Crippen molar-refractivity contribution in [2.45, 2.75) is 26.9 Å². The standard InChI is InChI=1S/C20H19Cl2N3O2/c1-12(2)11-25-20(27)16-6-4-3-5-15(16)18(24-25)19(26)23-10-13-7-8-14(21)9-17(13)22/h3-9,12H,10-11H2,1-2H3,(H,23,26). The lowest BCUT2D eigenvalue weighted by Crippen LogP contribution is -2.31. The number of hydrogen-bond donors (Lipinski definition) is 1. The summed E-state index contributed by atoms with van der Waals surface area (Å²) in [7, 11) is 0. The Morgan fingerprint density at radius 2 is 1.85 bits per heavy atom. The van der Waals surface area contributed by atoms with Gasteiger partial charge in [-0.25, -0.2) is 4.68 Å². The third kappa shape index (κ3) is 4.31. The van der Waals surface area contributed by atoms with Gasteiger partial charge in [0.15, 0.2) is 5.69 Å². The maximum Gasteiger partial charge on any atom is 0.274 e. The first kappa shape index (κ1) is 19.4. The molecule has 0 atom stereocenters. The van der Waals surface area contributed by atoms with Gasteiger partial charge in [-0.2, -0.15) is 5.10 Å². The minimum atomic E-state index is -0.366. The van der Waals surface area contributed by atoms with Crippen LogP contribution in [0.3, 0.4) is 0 Å². The zero-order chi connectivity index (χ0) is 19.6. The molecule has 0 bridgehead atoms. The molecule has 0 spiro atoms. The Hall–Kier alpha value is -2.37. The Bertz CT molecular complexity index is 1060. The van der Waals surface area contributed by atoms with Gasteiger partial charge in [0.05, 0.1) is 5.39 Å². The highest BCUT2D eigenvalue weighted by atomic mass is 35.5. The van der Waals surface area contributed by atoms with Crippen LogP contribution < -0.4 is 10.9 Å². The van der Waals surface area contributed by atoms with Gasteiger partial charge in [0.2, 0.25) is 0 Å². The van der Waals surface area contributed by atoms with Gasteiger partial charge in [-0.1, -0.05) is 61.3 Å². The molecular formula is C20H19Cl2N3O2. The Morgan fingerprint density at radius 3 is 2.52 bits per heavy atom. The number of amides is 1. The van der Waals surface area contributed by atoms with Crippen LogP contribution in [0.4, 0.5) is 0 Å². The van der Waals surface area contributed by atoms with E-state index in [9.17, 15) is 9.59 Å². The van der Waals surface area contributed by atoms with E-state index in [1.807, 2.05) is 13.8 Å². The van der Waals surface area contributed by atoms with Gasteiger partial charge in [-0.15, -0.1) is 0 Å². The summed E-state index contributed by atoms with van der Waals surface area (Å²) in [5.41, 5.74) is 0.766. The van der Waals surface area contributed by atoms with Gasteiger partial charge in [0.25, 0.3) is 11.5 Å². The molecule has 0 aliphatic rings. The topological polar surface area (TPSA) is 64.0 Å². The predicted octanol–water partition coefficient (Wildman–Crippen LogP) is 4.29. The Morgan fingerprint density at radius 1 is 1.15 bits per heavy atom. The van der Waals surface area contributed by atoms with Crippen molar-refractivity contribution in [3.05, 3.63) is 74.1 Å². The number of nitrogens with one attached hydrogen (secondary N) is 1. The number of aromatic nitrogens is 2. The average molecular weight is 404 g/mol. The van der Waals surface area contributed by atoms with E-state index in [2.05, 4.69) is 10.4 Å². The third-order valence-corrected chi connectivity index (χ3v) is 4.66. The summed E-state index contributed by atoms with van der Waals surface area (Å²) in [6.07, 6.45) is 0. The number of benzene rings is 2. The van der Waals surface area contributed by atoms with Gasteiger partial charge in [-0.05, 0) is 29.7 Å². The van der Waals surface area contributed by atoms with Crippen molar-refractivity contribution < 1.29 is 4.79 Å². The van der Waals surface area contributed by atoms with Gasteiger partial charge in [0, 0.05) is 28.5 Å². The summed E-state index contributed by atoms with van der Waals surface area (Å²) < 4.78 is 1.36. The Kier molecular flexibility index (Phi) is 5.82. The van der Waals surface area contributed by atoms with E-state index >= 15 is 0 Å². The second-order valence-corrected chi connectivity index (χ2v) is 7.54. The first-order chi connectivity index (χ1) is 12.9. The van der Waals surface area contributed by atoms with Crippen LogP contribution in [-0.4, -0.2) is 15.7 Å². The fraction of sp³-hybridized carbons (Fsp3) is 0.250. The van der Waals surface area contributed by atoms with E-state index < -0.39 is 0 Å². The molecule has 3 rings (SSSR count). The summed E-state index contributed by atoms with van der Waals surface area (Å²) >= 11 is 12.1. The largest absolute Gasteiger partial charge is 0.346 e. The van der Waals surface area contributed by atoms with E-state index in [0.29, 0.717) is 27.4 Å². The molecule has 3 aromatic rings. The molecule has 1 aromatic heterocycles. The highest BCUT2D eigenvalue weighted by molar-refractivity contribution is 6.35. The van der Waals surface area contributed by atoms with Crippen LogP contribution in [0.5, 0.6) is 0 Å². The van der Waals surface area contributed by atoms with Crippen molar-refractivity contribution in [1.82, 2.24) is 15.1 Å². The van der Waals surface area contributed by atoms with Crippen LogP contribution in [0.25, 0.3) is 10.8 Å². The lowest BCUT2D eigenvalue weighted by atomic mass is 10.1. The number of carbonyl (C=O) groups is 1. The minimum Gasteiger partial charge on any atom is -0.346 e. The molecule has 7 heteroatoms. The van der Waals surface area contributed by atoms with Crippen molar-refractivity contribution in [1.29, 1.82) is 0 Å². The number of fused-ring (bicyclic) bond motifs is 1. The quantitative estimate of drug-likeness (QED) is 0.690. The zero-order valence-electron chi connectivity index (χ0n) is 15.0. The molecule has 2 aromatic carbocycles. The fourth-order valence-corrected chi connectivity index (χ4v) is 3.27. The van der Waals surface area contributed by atoms with Gasteiger partial charge >= 0.3 is 0 Å². The number of halogens is 2. The molecule has 140 valence electrons. The van der Waals surface area contributed by atoms with Crippen molar-refractivity contribution in [3.63, 3.8) is 0 Å². The zero-order valence-corrected chi connectivity index (χ0v) is 16.5. The molecule has 0 unspecified atom stereocenters. The smallest absolute Gasteiger partial charge is 0.274 e. The highest BCUT2D eigenvalue weighted by Crippen LogP contribution is 2.21. The summed E-state index contributed by atoms with van der Waals surface area (Å²) in [5.74, 6) is -0.144. The van der Waals surface area contributed by atoms with Crippen LogP contribution in [0, 0.1) is 5.92 Å². The third-order valence-electron chi connectivity index (χ3n) is 4.08. The van der Waals surface area contributed by atoms with Crippen LogP contribution in [0.15, 0.2) is 47.3 Å². The highest BCUT2D eigenvalue weighted by Gasteiger charge is 2.17. The fourth-order valence-electron chi connectivity index (χ4n) is 2.80. The molecule has 0 aliphatic heterocycles. The number of nitrogens with zero attached hydrogens (tertiary/aromatic N) is 2. The van der Waals surface area contributed by atoms with Gasteiger partial charge in [-0.3, -0.25) is 9.59 Å². The molecule has 27 heavy (non-hydrogen) atoms. The summed E-state index contributed by atoms with van der Waals surface area (Å²) in [4.78, 5) is 25.4. The minimum absolute atomic E-state index is 0.198. The Labute approximate surface area is 166 Å². The molecular weight excluding hydrogens is 385 g/mol. The van der Waals surface area contributed by atoms with Gasteiger partial charge in [0.1, 0.15) is 0 Å². The molecule has 1 amide bonds.